The number of benzene rings is 2. The van der Waals surface area contributed by atoms with Gasteiger partial charge in [0.2, 0.25) is 5.91 Å². The quantitative estimate of drug-likeness (QED) is 0.918. The second-order valence-electron chi connectivity index (χ2n) is 5.80. The first-order valence-corrected chi connectivity index (χ1v) is 8.07. The Bertz CT molecular complexity index is 761. The third-order valence-corrected chi connectivity index (χ3v) is 4.13. The standard InChI is InChI=1S/C19H19FN2O2/c20-17-8-2-1-5-14(17)10-11-21-19(24)15-6-3-7-16(13-15)22-12-4-9-18(22)23/h1-3,5-8,13H,4,9-12H2,(H,21,24). The second kappa shape index (κ2) is 7.25. The summed E-state index contributed by atoms with van der Waals surface area (Å²) in [6.07, 6.45) is 1.83. The van der Waals surface area contributed by atoms with Gasteiger partial charge in [0, 0.05) is 30.8 Å². The van der Waals surface area contributed by atoms with Crippen LogP contribution in [0.4, 0.5) is 10.1 Å². The summed E-state index contributed by atoms with van der Waals surface area (Å²) in [5, 5.41) is 2.79. The normalized spacial score (nSPS) is 14.0. The van der Waals surface area contributed by atoms with Crippen LogP contribution in [0.5, 0.6) is 0 Å². The van der Waals surface area contributed by atoms with Crippen LogP contribution in [0.15, 0.2) is 48.5 Å². The molecule has 2 aromatic carbocycles. The van der Waals surface area contributed by atoms with Gasteiger partial charge in [0.25, 0.3) is 5.91 Å². The van der Waals surface area contributed by atoms with E-state index in [0.29, 0.717) is 37.1 Å². The Labute approximate surface area is 140 Å². The predicted octanol–water partition coefficient (Wildman–Crippen LogP) is 2.93. The Hall–Kier alpha value is -2.69. The molecule has 0 unspecified atom stereocenters. The average molecular weight is 326 g/mol. The second-order valence-corrected chi connectivity index (χ2v) is 5.80. The van der Waals surface area contributed by atoms with Gasteiger partial charge in [-0.1, -0.05) is 24.3 Å². The molecule has 24 heavy (non-hydrogen) atoms. The summed E-state index contributed by atoms with van der Waals surface area (Å²) in [4.78, 5) is 25.8. The lowest BCUT2D eigenvalue weighted by Crippen LogP contribution is -2.27. The van der Waals surface area contributed by atoms with Crippen LogP contribution in [0.3, 0.4) is 0 Å². The van der Waals surface area contributed by atoms with Gasteiger partial charge in [0.05, 0.1) is 0 Å². The number of nitrogens with one attached hydrogen (secondary N) is 1. The molecule has 0 radical (unpaired) electrons. The molecule has 1 N–H and O–H groups in total. The minimum atomic E-state index is -0.263. The van der Waals surface area contributed by atoms with Gasteiger partial charge < -0.3 is 10.2 Å². The van der Waals surface area contributed by atoms with Crippen LogP contribution >= 0.6 is 0 Å². The molecule has 5 heteroatoms. The van der Waals surface area contributed by atoms with Gasteiger partial charge >= 0.3 is 0 Å². The maximum absolute atomic E-state index is 13.5. The number of amides is 2. The van der Waals surface area contributed by atoms with Gasteiger partial charge in [-0.15, -0.1) is 0 Å². The van der Waals surface area contributed by atoms with Crippen molar-refractivity contribution in [3.63, 3.8) is 0 Å². The molecule has 4 nitrogen and oxygen atoms in total. The first-order chi connectivity index (χ1) is 11.6. The van der Waals surface area contributed by atoms with Crippen LogP contribution < -0.4 is 10.2 Å². The fraction of sp³-hybridized carbons (Fsp3) is 0.263. The molecular formula is C19H19FN2O2. The van der Waals surface area contributed by atoms with Crippen molar-refractivity contribution in [1.82, 2.24) is 5.32 Å². The molecular weight excluding hydrogens is 307 g/mol. The lowest BCUT2D eigenvalue weighted by molar-refractivity contribution is -0.117. The highest BCUT2D eigenvalue weighted by atomic mass is 19.1. The van der Waals surface area contributed by atoms with Crippen LogP contribution in [-0.4, -0.2) is 24.9 Å². The van der Waals surface area contributed by atoms with E-state index >= 15 is 0 Å². The summed E-state index contributed by atoms with van der Waals surface area (Å²) < 4.78 is 13.5. The molecule has 0 saturated carbocycles. The lowest BCUT2D eigenvalue weighted by Gasteiger charge is -2.16. The third kappa shape index (κ3) is 3.62. The number of carbonyl (C=O) groups excluding carboxylic acids is 2. The first kappa shape index (κ1) is 16.2. The van der Waals surface area contributed by atoms with Crippen molar-refractivity contribution >= 4 is 17.5 Å². The Kier molecular flexibility index (Phi) is 4.89. The fourth-order valence-corrected chi connectivity index (χ4v) is 2.85. The largest absolute Gasteiger partial charge is 0.352 e. The molecule has 2 aromatic rings. The van der Waals surface area contributed by atoms with E-state index in [1.165, 1.54) is 6.07 Å². The highest BCUT2D eigenvalue weighted by molar-refractivity contribution is 5.99. The van der Waals surface area contributed by atoms with E-state index in [9.17, 15) is 14.0 Å². The maximum Gasteiger partial charge on any atom is 0.251 e. The van der Waals surface area contributed by atoms with Crippen molar-refractivity contribution in [2.75, 3.05) is 18.0 Å². The third-order valence-electron chi connectivity index (χ3n) is 4.13. The van der Waals surface area contributed by atoms with Crippen LogP contribution in [0.1, 0.15) is 28.8 Å². The van der Waals surface area contributed by atoms with Gasteiger partial charge in [-0.2, -0.15) is 0 Å². The Balaban J connectivity index is 1.61. The minimum Gasteiger partial charge on any atom is -0.352 e. The SMILES string of the molecule is O=C(NCCc1ccccc1F)c1cccc(N2CCCC2=O)c1. The van der Waals surface area contributed by atoms with Crippen molar-refractivity contribution in [1.29, 1.82) is 0 Å². The Morgan fingerprint density at radius 1 is 1.17 bits per heavy atom. The molecule has 124 valence electrons. The molecule has 0 aromatic heterocycles. The lowest BCUT2D eigenvalue weighted by atomic mass is 10.1. The van der Waals surface area contributed by atoms with E-state index in [-0.39, 0.29) is 17.6 Å². The molecule has 0 bridgehead atoms. The molecule has 1 aliphatic heterocycles. The zero-order chi connectivity index (χ0) is 16.9. The molecule has 0 aliphatic carbocycles. The topological polar surface area (TPSA) is 49.4 Å². The van der Waals surface area contributed by atoms with Gasteiger partial charge in [0.1, 0.15) is 5.82 Å². The average Bonchev–Trinajstić information content (AvgIpc) is 3.03. The van der Waals surface area contributed by atoms with E-state index in [1.807, 2.05) is 6.07 Å². The predicted molar refractivity (Wildman–Crippen MR) is 90.5 cm³/mol. The molecule has 1 aliphatic rings. The van der Waals surface area contributed by atoms with Crippen LogP contribution in [0.25, 0.3) is 0 Å². The molecule has 2 amide bonds. The fourth-order valence-electron chi connectivity index (χ4n) is 2.85. The summed E-state index contributed by atoms with van der Waals surface area (Å²) in [6.45, 7) is 1.05. The molecule has 1 heterocycles. The summed E-state index contributed by atoms with van der Waals surface area (Å²) in [5.41, 5.74) is 1.83. The Morgan fingerprint density at radius 2 is 2.00 bits per heavy atom. The van der Waals surface area contributed by atoms with Crippen LogP contribution in [-0.2, 0) is 11.2 Å². The van der Waals surface area contributed by atoms with Crippen LogP contribution in [0, 0.1) is 5.82 Å². The number of carbonyl (C=O) groups is 2. The van der Waals surface area contributed by atoms with E-state index < -0.39 is 0 Å². The summed E-state index contributed by atoms with van der Waals surface area (Å²) in [6, 6.07) is 13.6. The molecule has 1 saturated heterocycles. The zero-order valence-corrected chi connectivity index (χ0v) is 13.3. The van der Waals surface area contributed by atoms with Crippen molar-refractivity contribution in [2.45, 2.75) is 19.3 Å². The number of hydrogen-bond acceptors (Lipinski definition) is 2. The van der Waals surface area contributed by atoms with E-state index in [1.54, 1.807) is 41.3 Å². The van der Waals surface area contributed by atoms with Gasteiger partial charge in [-0.3, -0.25) is 9.59 Å². The van der Waals surface area contributed by atoms with Crippen molar-refractivity contribution in [3.05, 3.63) is 65.5 Å². The number of hydrogen-bond donors (Lipinski definition) is 1. The zero-order valence-electron chi connectivity index (χ0n) is 13.3. The van der Waals surface area contributed by atoms with Gasteiger partial charge in [-0.25, -0.2) is 4.39 Å². The highest BCUT2D eigenvalue weighted by Gasteiger charge is 2.22. The van der Waals surface area contributed by atoms with E-state index in [2.05, 4.69) is 5.32 Å². The number of rotatable bonds is 5. The Morgan fingerprint density at radius 3 is 2.75 bits per heavy atom. The minimum absolute atomic E-state index is 0.0899. The summed E-state index contributed by atoms with van der Waals surface area (Å²) in [5.74, 6) is -0.395. The number of anilines is 1. The van der Waals surface area contributed by atoms with Gasteiger partial charge in [0.15, 0.2) is 0 Å². The molecule has 1 fully saturated rings. The molecule has 0 atom stereocenters. The smallest absolute Gasteiger partial charge is 0.251 e. The van der Waals surface area contributed by atoms with E-state index in [4.69, 9.17) is 0 Å². The van der Waals surface area contributed by atoms with Crippen molar-refractivity contribution in [2.24, 2.45) is 0 Å². The summed E-state index contributed by atoms with van der Waals surface area (Å²) >= 11 is 0. The highest BCUT2D eigenvalue weighted by Crippen LogP contribution is 2.22. The van der Waals surface area contributed by atoms with E-state index in [0.717, 1.165) is 12.1 Å². The van der Waals surface area contributed by atoms with Crippen LogP contribution in [0.2, 0.25) is 0 Å². The summed E-state index contributed by atoms with van der Waals surface area (Å²) in [7, 11) is 0. The van der Waals surface area contributed by atoms with Crippen molar-refractivity contribution < 1.29 is 14.0 Å². The monoisotopic (exact) mass is 326 g/mol. The first-order valence-electron chi connectivity index (χ1n) is 8.07. The molecule has 0 spiro atoms. The van der Waals surface area contributed by atoms with Gasteiger partial charge in [-0.05, 0) is 42.7 Å². The number of halogens is 1. The maximum atomic E-state index is 13.5. The van der Waals surface area contributed by atoms with Crippen molar-refractivity contribution in [3.8, 4) is 0 Å². The number of nitrogens with zero attached hydrogens (tertiary/aromatic N) is 1. The molecule has 3 rings (SSSR count).